The fourth-order valence-electron chi connectivity index (χ4n) is 2.32. The van der Waals surface area contributed by atoms with Crippen molar-refractivity contribution in [1.82, 2.24) is 16.2 Å². The Kier molecular flexibility index (Phi) is 5.68. The van der Waals surface area contributed by atoms with Crippen LogP contribution in [0.4, 0.5) is 0 Å². The molecule has 0 unspecified atom stereocenters. The minimum atomic E-state index is -0.776. The highest BCUT2D eigenvalue weighted by Crippen LogP contribution is 2.21. The fourth-order valence-corrected chi connectivity index (χ4v) is 2.47. The maximum Gasteiger partial charge on any atom is 0.293 e. The zero-order valence-electron chi connectivity index (χ0n) is 14.4. The van der Waals surface area contributed by atoms with Crippen LogP contribution in [0.5, 0.6) is 5.75 Å². The molecule has 2 aromatic carbocycles. The molecular formula is C19H17N3O4S. The van der Waals surface area contributed by atoms with Crippen molar-refractivity contribution in [2.24, 2.45) is 0 Å². The number of amides is 2. The van der Waals surface area contributed by atoms with Crippen LogP contribution in [0.25, 0.3) is 10.8 Å². The summed E-state index contributed by atoms with van der Waals surface area (Å²) in [5.41, 5.74) is 4.84. The number of fused-ring (bicyclic) bond motifs is 1. The molecule has 0 aliphatic carbocycles. The first kappa shape index (κ1) is 18.4. The zero-order chi connectivity index (χ0) is 19.2. The van der Waals surface area contributed by atoms with Crippen LogP contribution in [0.1, 0.15) is 17.5 Å². The predicted molar refractivity (Wildman–Crippen MR) is 104 cm³/mol. The summed E-state index contributed by atoms with van der Waals surface area (Å²) in [7, 11) is 0. The van der Waals surface area contributed by atoms with Gasteiger partial charge in [0.25, 0.3) is 11.8 Å². The summed E-state index contributed by atoms with van der Waals surface area (Å²) in [5, 5.41) is 4.41. The van der Waals surface area contributed by atoms with Gasteiger partial charge >= 0.3 is 0 Å². The van der Waals surface area contributed by atoms with Crippen molar-refractivity contribution in [3.63, 3.8) is 0 Å². The Morgan fingerprint density at radius 1 is 1.04 bits per heavy atom. The number of carbonyl (C=O) groups is 2. The molecule has 0 saturated carbocycles. The summed E-state index contributed by atoms with van der Waals surface area (Å²) < 4.78 is 10.6. The van der Waals surface area contributed by atoms with Crippen LogP contribution in [0.15, 0.2) is 65.3 Å². The maximum atomic E-state index is 12.1. The van der Waals surface area contributed by atoms with E-state index in [1.807, 2.05) is 36.4 Å². The van der Waals surface area contributed by atoms with Gasteiger partial charge in [-0.05, 0) is 54.2 Å². The number of ether oxygens (including phenoxy) is 1. The highest BCUT2D eigenvalue weighted by Gasteiger charge is 2.16. The van der Waals surface area contributed by atoms with Gasteiger partial charge in [-0.2, -0.15) is 0 Å². The first-order chi connectivity index (χ1) is 13.0. The van der Waals surface area contributed by atoms with Crippen LogP contribution in [-0.2, 0) is 4.79 Å². The number of carbonyl (C=O) groups excluding carboxylic acids is 2. The number of thiocarbonyl (C=S) groups is 1. The van der Waals surface area contributed by atoms with E-state index in [0.717, 1.165) is 10.8 Å². The SMILES string of the molecule is C[C@H](Oc1ccc2ccccc2c1)C(=O)NNC(=S)NC(=O)c1ccco1. The van der Waals surface area contributed by atoms with Gasteiger partial charge in [0.2, 0.25) is 0 Å². The summed E-state index contributed by atoms with van der Waals surface area (Å²) in [6.07, 6.45) is 0.598. The second kappa shape index (κ2) is 8.33. The Morgan fingerprint density at radius 3 is 2.56 bits per heavy atom. The monoisotopic (exact) mass is 383 g/mol. The minimum Gasteiger partial charge on any atom is -0.481 e. The number of hydrogen-bond acceptors (Lipinski definition) is 5. The summed E-state index contributed by atoms with van der Waals surface area (Å²) >= 11 is 4.95. The molecule has 1 atom stereocenters. The number of hydrazine groups is 1. The molecule has 1 heterocycles. The van der Waals surface area contributed by atoms with Crippen LogP contribution in [0.3, 0.4) is 0 Å². The first-order valence-corrected chi connectivity index (χ1v) is 8.54. The molecule has 0 radical (unpaired) electrons. The molecule has 3 rings (SSSR count). The Morgan fingerprint density at radius 2 is 1.81 bits per heavy atom. The van der Waals surface area contributed by atoms with Gasteiger partial charge in [0.15, 0.2) is 17.0 Å². The van der Waals surface area contributed by atoms with Crippen molar-refractivity contribution in [3.8, 4) is 5.75 Å². The minimum absolute atomic E-state index is 0.0670. The topological polar surface area (TPSA) is 92.6 Å². The summed E-state index contributed by atoms with van der Waals surface area (Å²) in [4.78, 5) is 23.9. The molecule has 0 bridgehead atoms. The second-order valence-electron chi connectivity index (χ2n) is 5.64. The number of nitrogens with one attached hydrogen (secondary N) is 3. The highest BCUT2D eigenvalue weighted by atomic mass is 32.1. The third-order valence-electron chi connectivity index (χ3n) is 3.67. The average molecular weight is 383 g/mol. The van der Waals surface area contributed by atoms with Crippen LogP contribution in [0, 0.1) is 0 Å². The van der Waals surface area contributed by atoms with Crippen LogP contribution in [-0.4, -0.2) is 23.0 Å². The van der Waals surface area contributed by atoms with Gasteiger partial charge in [0.05, 0.1) is 6.26 Å². The summed E-state index contributed by atoms with van der Waals surface area (Å²) in [6.45, 7) is 1.61. The molecule has 0 spiro atoms. The summed E-state index contributed by atoms with van der Waals surface area (Å²) in [5.74, 6) is -0.284. The lowest BCUT2D eigenvalue weighted by Gasteiger charge is -2.16. The van der Waals surface area contributed by atoms with Crippen molar-refractivity contribution in [2.45, 2.75) is 13.0 Å². The van der Waals surface area contributed by atoms with E-state index in [2.05, 4.69) is 16.2 Å². The lowest BCUT2D eigenvalue weighted by atomic mass is 10.1. The Bertz CT molecular complexity index is 972. The molecule has 0 saturated heterocycles. The third kappa shape index (κ3) is 4.83. The molecule has 0 aliphatic heterocycles. The molecule has 2 amide bonds. The number of furan rings is 1. The van der Waals surface area contributed by atoms with E-state index in [0.29, 0.717) is 5.75 Å². The maximum absolute atomic E-state index is 12.1. The summed E-state index contributed by atoms with van der Waals surface area (Å²) in [6, 6.07) is 16.5. The van der Waals surface area contributed by atoms with Gasteiger partial charge in [0, 0.05) is 0 Å². The number of benzene rings is 2. The van der Waals surface area contributed by atoms with Gasteiger partial charge in [-0.15, -0.1) is 0 Å². The van der Waals surface area contributed by atoms with E-state index in [-0.39, 0.29) is 10.9 Å². The van der Waals surface area contributed by atoms with Crippen LogP contribution < -0.4 is 20.9 Å². The van der Waals surface area contributed by atoms with Gasteiger partial charge in [-0.25, -0.2) is 0 Å². The molecule has 3 N–H and O–H groups in total. The Labute approximate surface area is 160 Å². The van der Waals surface area contributed by atoms with Crippen molar-refractivity contribution >= 4 is 39.9 Å². The van der Waals surface area contributed by atoms with E-state index in [1.54, 1.807) is 19.1 Å². The second-order valence-corrected chi connectivity index (χ2v) is 6.05. The molecule has 27 heavy (non-hydrogen) atoms. The quantitative estimate of drug-likeness (QED) is 0.474. The van der Waals surface area contributed by atoms with Crippen molar-refractivity contribution in [3.05, 3.63) is 66.6 Å². The first-order valence-electron chi connectivity index (χ1n) is 8.13. The smallest absolute Gasteiger partial charge is 0.293 e. The largest absolute Gasteiger partial charge is 0.481 e. The van der Waals surface area contributed by atoms with Gasteiger partial charge in [0.1, 0.15) is 5.75 Å². The lowest BCUT2D eigenvalue weighted by Crippen LogP contribution is -2.51. The van der Waals surface area contributed by atoms with E-state index in [9.17, 15) is 9.59 Å². The molecule has 8 heteroatoms. The van der Waals surface area contributed by atoms with Crippen molar-refractivity contribution < 1.29 is 18.7 Å². The zero-order valence-corrected chi connectivity index (χ0v) is 15.2. The molecule has 0 aliphatic rings. The lowest BCUT2D eigenvalue weighted by molar-refractivity contribution is -0.127. The van der Waals surface area contributed by atoms with Crippen LogP contribution >= 0.6 is 12.2 Å². The standard InChI is InChI=1S/C19H17N3O4S/c1-12(26-15-9-8-13-5-2-3-6-14(13)11-15)17(23)21-22-19(27)20-18(24)16-7-4-10-25-16/h2-12H,1H3,(H,21,23)(H2,20,22,24,27)/t12-/m0/s1. The van der Waals surface area contributed by atoms with Crippen molar-refractivity contribution in [1.29, 1.82) is 0 Å². The van der Waals surface area contributed by atoms with E-state index >= 15 is 0 Å². The number of rotatable bonds is 4. The van der Waals surface area contributed by atoms with Gasteiger partial charge in [-0.3, -0.25) is 25.8 Å². The normalized spacial score (nSPS) is 11.4. The number of hydrogen-bond donors (Lipinski definition) is 3. The highest BCUT2D eigenvalue weighted by molar-refractivity contribution is 7.80. The molecule has 7 nitrogen and oxygen atoms in total. The molecule has 0 fully saturated rings. The van der Waals surface area contributed by atoms with E-state index in [1.165, 1.54) is 12.3 Å². The molecular weight excluding hydrogens is 366 g/mol. The van der Waals surface area contributed by atoms with Gasteiger partial charge < -0.3 is 9.15 Å². The fraction of sp³-hybridized carbons (Fsp3) is 0.105. The van der Waals surface area contributed by atoms with Crippen LogP contribution in [0.2, 0.25) is 0 Å². The Hall–Kier alpha value is -3.39. The van der Waals surface area contributed by atoms with E-state index in [4.69, 9.17) is 21.4 Å². The molecule has 3 aromatic rings. The third-order valence-corrected chi connectivity index (χ3v) is 3.88. The average Bonchev–Trinajstić information content (AvgIpc) is 3.21. The molecule has 138 valence electrons. The molecule has 1 aromatic heterocycles. The Balaban J connectivity index is 1.49. The van der Waals surface area contributed by atoms with Crippen molar-refractivity contribution in [2.75, 3.05) is 0 Å². The van der Waals surface area contributed by atoms with E-state index < -0.39 is 17.9 Å². The predicted octanol–water partition coefficient (Wildman–Crippen LogP) is 2.54. The van der Waals surface area contributed by atoms with Gasteiger partial charge in [-0.1, -0.05) is 30.3 Å².